The minimum atomic E-state index is -3.69. The summed E-state index contributed by atoms with van der Waals surface area (Å²) in [5.74, 6) is 0. The van der Waals surface area contributed by atoms with Crippen molar-refractivity contribution in [3.8, 4) is 0 Å². The first-order valence-corrected chi connectivity index (χ1v) is 8.18. The number of thiophene rings is 1. The normalized spacial score (nSPS) is 11.7. The maximum absolute atomic E-state index is 12.1. The Bertz CT molecular complexity index is 654. The maximum atomic E-state index is 12.1. The molecule has 0 atom stereocenters. The summed E-state index contributed by atoms with van der Waals surface area (Å²) in [5, 5.41) is 11.1. The lowest BCUT2D eigenvalue weighted by molar-refractivity contribution is 0.281. The van der Waals surface area contributed by atoms with Crippen LogP contribution in [0.15, 0.2) is 40.6 Å². The molecule has 1 aromatic heterocycles. The molecule has 0 aliphatic heterocycles. The van der Waals surface area contributed by atoms with E-state index in [0.29, 0.717) is 5.56 Å². The third kappa shape index (κ3) is 3.55. The predicted molar refractivity (Wildman–Crippen MR) is 75.7 cm³/mol. The molecule has 0 spiro atoms. The van der Waals surface area contributed by atoms with Crippen molar-refractivity contribution in [1.82, 2.24) is 4.72 Å². The number of nitrogens with one attached hydrogen (secondary N) is 1. The predicted octanol–water partition coefficient (Wildman–Crippen LogP) is 2.37. The van der Waals surface area contributed by atoms with Gasteiger partial charge in [-0.2, -0.15) is 0 Å². The molecule has 0 saturated heterocycles. The molecule has 0 fully saturated rings. The Labute approximate surface area is 120 Å². The molecule has 0 saturated carbocycles. The van der Waals surface area contributed by atoms with Gasteiger partial charge in [-0.05, 0) is 29.1 Å². The zero-order valence-corrected chi connectivity index (χ0v) is 12.2. The lowest BCUT2D eigenvalue weighted by atomic mass is 10.2. The van der Waals surface area contributed by atoms with E-state index in [0.717, 1.165) is 4.88 Å². The van der Waals surface area contributed by atoms with Crippen LogP contribution in [0.5, 0.6) is 0 Å². The van der Waals surface area contributed by atoms with Crippen LogP contribution >= 0.6 is 22.9 Å². The Kier molecular flexibility index (Phi) is 4.59. The number of aliphatic hydroxyl groups is 1. The van der Waals surface area contributed by atoms with Crippen molar-refractivity contribution >= 4 is 33.0 Å². The van der Waals surface area contributed by atoms with Gasteiger partial charge >= 0.3 is 0 Å². The second-order valence-electron chi connectivity index (χ2n) is 3.83. The molecular weight excluding hydrogens is 306 g/mol. The van der Waals surface area contributed by atoms with Crippen molar-refractivity contribution < 1.29 is 13.5 Å². The molecule has 0 bridgehead atoms. The highest BCUT2D eigenvalue weighted by Gasteiger charge is 2.18. The van der Waals surface area contributed by atoms with Crippen LogP contribution in [0.25, 0.3) is 0 Å². The van der Waals surface area contributed by atoms with Crippen LogP contribution in [-0.4, -0.2) is 13.5 Å². The fourth-order valence-electron chi connectivity index (χ4n) is 1.51. The molecular formula is C12H12ClNO3S2. The average Bonchev–Trinajstić information content (AvgIpc) is 2.90. The monoisotopic (exact) mass is 317 g/mol. The van der Waals surface area contributed by atoms with Crippen molar-refractivity contribution in [3.05, 3.63) is 51.2 Å². The average molecular weight is 318 g/mol. The molecule has 1 heterocycles. The molecule has 2 N–H and O–H groups in total. The number of sulfonamides is 1. The van der Waals surface area contributed by atoms with E-state index in [2.05, 4.69) is 4.72 Å². The van der Waals surface area contributed by atoms with Crippen LogP contribution in [0, 0.1) is 0 Å². The fourth-order valence-corrected chi connectivity index (χ4v) is 3.80. The van der Waals surface area contributed by atoms with Crippen LogP contribution in [-0.2, 0) is 23.2 Å². The minimum Gasteiger partial charge on any atom is -0.392 e. The van der Waals surface area contributed by atoms with Gasteiger partial charge in [0.25, 0.3) is 0 Å². The molecule has 0 amide bonds. The summed E-state index contributed by atoms with van der Waals surface area (Å²) in [6.07, 6.45) is 0. The van der Waals surface area contributed by atoms with Crippen LogP contribution in [0.3, 0.4) is 0 Å². The summed E-state index contributed by atoms with van der Waals surface area (Å²) in [4.78, 5) is 0.898. The van der Waals surface area contributed by atoms with Crippen molar-refractivity contribution in [2.24, 2.45) is 0 Å². The Morgan fingerprint density at radius 1 is 1.32 bits per heavy atom. The van der Waals surface area contributed by atoms with Gasteiger partial charge in [-0.25, -0.2) is 13.1 Å². The Balaban J connectivity index is 2.23. The van der Waals surface area contributed by atoms with E-state index in [1.807, 2.05) is 17.5 Å². The van der Waals surface area contributed by atoms with Gasteiger partial charge in [-0.15, -0.1) is 11.3 Å². The number of hydrogen-bond donors (Lipinski definition) is 2. The number of hydrogen-bond acceptors (Lipinski definition) is 4. The maximum Gasteiger partial charge on any atom is 0.242 e. The van der Waals surface area contributed by atoms with Gasteiger partial charge in [0, 0.05) is 11.4 Å². The van der Waals surface area contributed by atoms with Gasteiger partial charge in [-0.1, -0.05) is 23.7 Å². The molecule has 0 unspecified atom stereocenters. The summed E-state index contributed by atoms with van der Waals surface area (Å²) in [6.45, 7) is -0.00963. The smallest absolute Gasteiger partial charge is 0.242 e. The Hall–Kier alpha value is -0.920. The van der Waals surface area contributed by atoms with Crippen LogP contribution in [0.2, 0.25) is 5.02 Å². The quantitative estimate of drug-likeness (QED) is 0.889. The zero-order chi connectivity index (χ0) is 13.9. The third-order valence-electron chi connectivity index (χ3n) is 2.48. The van der Waals surface area contributed by atoms with Gasteiger partial charge in [0.2, 0.25) is 10.0 Å². The van der Waals surface area contributed by atoms with Gasteiger partial charge in [0.1, 0.15) is 4.90 Å². The van der Waals surface area contributed by atoms with E-state index in [1.165, 1.54) is 23.5 Å². The molecule has 19 heavy (non-hydrogen) atoms. The second kappa shape index (κ2) is 6.02. The topological polar surface area (TPSA) is 66.4 Å². The summed E-state index contributed by atoms with van der Waals surface area (Å²) in [6, 6.07) is 8.12. The largest absolute Gasteiger partial charge is 0.392 e. The Morgan fingerprint density at radius 3 is 2.74 bits per heavy atom. The van der Waals surface area contributed by atoms with Crippen LogP contribution in [0.1, 0.15) is 10.4 Å². The highest BCUT2D eigenvalue weighted by Crippen LogP contribution is 2.23. The highest BCUT2D eigenvalue weighted by molar-refractivity contribution is 7.89. The summed E-state index contributed by atoms with van der Waals surface area (Å²) >= 11 is 7.37. The standard InChI is InChI=1S/C12H12ClNO3S2/c13-11-4-3-9(8-15)6-12(11)19(16,17)14-7-10-2-1-5-18-10/h1-6,14-15H,7-8H2. The fraction of sp³-hybridized carbons (Fsp3) is 0.167. The Morgan fingerprint density at radius 2 is 2.11 bits per heavy atom. The van der Waals surface area contributed by atoms with E-state index < -0.39 is 10.0 Å². The molecule has 7 heteroatoms. The molecule has 2 rings (SSSR count). The van der Waals surface area contributed by atoms with E-state index in [4.69, 9.17) is 16.7 Å². The number of rotatable bonds is 5. The molecule has 4 nitrogen and oxygen atoms in total. The number of halogens is 1. The summed E-state index contributed by atoms with van der Waals surface area (Å²) < 4.78 is 26.8. The minimum absolute atomic E-state index is 0.0164. The first kappa shape index (κ1) is 14.5. The molecule has 0 radical (unpaired) electrons. The first-order valence-electron chi connectivity index (χ1n) is 5.44. The lowest BCUT2D eigenvalue weighted by Crippen LogP contribution is -2.23. The van der Waals surface area contributed by atoms with Crippen LogP contribution < -0.4 is 4.72 Å². The second-order valence-corrected chi connectivity index (χ2v) is 7.00. The first-order chi connectivity index (χ1) is 9.03. The highest BCUT2D eigenvalue weighted by atomic mass is 35.5. The van der Waals surface area contributed by atoms with E-state index in [9.17, 15) is 8.42 Å². The number of aliphatic hydroxyl groups excluding tert-OH is 1. The van der Waals surface area contributed by atoms with Gasteiger partial charge in [0.05, 0.1) is 11.6 Å². The molecule has 1 aromatic carbocycles. The van der Waals surface area contributed by atoms with E-state index in [1.54, 1.807) is 6.07 Å². The van der Waals surface area contributed by atoms with Crippen molar-refractivity contribution in [2.75, 3.05) is 0 Å². The van der Waals surface area contributed by atoms with Crippen LogP contribution in [0.4, 0.5) is 0 Å². The van der Waals surface area contributed by atoms with Gasteiger partial charge in [0.15, 0.2) is 0 Å². The molecule has 0 aliphatic carbocycles. The number of benzene rings is 1. The molecule has 0 aliphatic rings. The zero-order valence-electron chi connectivity index (χ0n) is 9.84. The van der Waals surface area contributed by atoms with Crippen molar-refractivity contribution in [2.45, 2.75) is 18.0 Å². The van der Waals surface area contributed by atoms with E-state index >= 15 is 0 Å². The van der Waals surface area contributed by atoms with Gasteiger partial charge in [-0.3, -0.25) is 0 Å². The third-order valence-corrected chi connectivity index (χ3v) is 5.24. The lowest BCUT2D eigenvalue weighted by Gasteiger charge is -2.08. The van der Waals surface area contributed by atoms with Crippen molar-refractivity contribution in [1.29, 1.82) is 0 Å². The van der Waals surface area contributed by atoms with E-state index in [-0.39, 0.29) is 23.1 Å². The summed E-state index contributed by atoms with van der Waals surface area (Å²) in [7, 11) is -3.69. The molecule has 102 valence electrons. The molecule has 2 aromatic rings. The summed E-state index contributed by atoms with van der Waals surface area (Å²) in [5.41, 5.74) is 0.501. The van der Waals surface area contributed by atoms with Gasteiger partial charge < -0.3 is 5.11 Å². The SMILES string of the molecule is O=S(=O)(NCc1cccs1)c1cc(CO)ccc1Cl. The van der Waals surface area contributed by atoms with Crippen molar-refractivity contribution in [3.63, 3.8) is 0 Å².